The van der Waals surface area contributed by atoms with Gasteiger partial charge in [-0.25, -0.2) is 0 Å². The van der Waals surface area contributed by atoms with E-state index in [9.17, 15) is 0 Å². The Kier molecular flexibility index (Phi) is 28.7. The van der Waals surface area contributed by atoms with E-state index in [1.165, 1.54) is 211 Å². The van der Waals surface area contributed by atoms with Gasteiger partial charge in [0.2, 0.25) is 0 Å². The SMILES string of the molecule is CC(C)(C)c1ccc(-c2ccc(-c3cc(-c4ccccc4)cc(-c4ccccc4)c3)cc2)cc1.CC(C)(C)c1cccc(-c2c(-c3ccccc3)cc(-c3ccccc3)cc2-c2ccccc2)c1.CC(C)(C)c1cccc(-c2cc(-c3ccccc3)c(-c3ccccc3)c(-c3ccccc3)c2-c2ccccc2)c1.Cc1ccccc1-c1cc(-c2cccc(C(C)(C)C)c2)cc(-c2ccccc2C)c1. The van der Waals surface area contributed by atoms with Crippen LogP contribution in [0.3, 0.4) is 0 Å². The van der Waals surface area contributed by atoms with Gasteiger partial charge in [-0.05, 0) is 302 Å². The van der Waals surface area contributed by atoms with Crippen LogP contribution < -0.4 is 0 Å². The summed E-state index contributed by atoms with van der Waals surface area (Å²) < 4.78 is 0. The van der Waals surface area contributed by atoms with Gasteiger partial charge in [0.25, 0.3) is 0 Å². The molecule has 20 rings (SSSR count). The Morgan fingerprint density at radius 1 is 0.109 bits per heavy atom. The van der Waals surface area contributed by atoms with Gasteiger partial charge in [-0.15, -0.1) is 0 Å². The second-order valence-corrected chi connectivity index (χ2v) is 40.5. The molecule has 0 bridgehead atoms. The van der Waals surface area contributed by atoms with Crippen molar-refractivity contribution >= 4 is 0 Å². The molecule has 138 heavy (non-hydrogen) atoms. The number of hydrogen-bond acceptors (Lipinski definition) is 0. The van der Waals surface area contributed by atoms with Gasteiger partial charge in [0.15, 0.2) is 0 Å². The molecular weight excluding hydrogens is 1660 g/mol. The topological polar surface area (TPSA) is 0 Å². The Balaban J connectivity index is 0.000000128. The molecule has 0 fully saturated rings. The molecule has 0 heteroatoms. The molecule has 0 heterocycles. The molecule has 0 radical (unpaired) electrons. The first-order chi connectivity index (χ1) is 66.8. The Hall–Kier alpha value is -15.6. The minimum absolute atomic E-state index is 0.0530. The van der Waals surface area contributed by atoms with E-state index in [-0.39, 0.29) is 21.7 Å². The van der Waals surface area contributed by atoms with Crippen LogP contribution in [0.1, 0.15) is 116 Å². The summed E-state index contributed by atoms with van der Waals surface area (Å²) in [5.74, 6) is 0. The van der Waals surface area contributed by atoms with Crippen LogP contribution in [0.4, 0.5) is 0 Å². The van der Waals surface area contributed by atoms with Crippen LogP contribution in [0.2, 0.25) is 0 Å². The predicted molar refractivity (Wildman–Crippen MR) is 597 cm³/mol. The van der Waals surface area contributed by atoms with Crippen molar-refractivity contribution in [2.24, 2.45) is 0 Å². The van der Waals surface area contributed by atoms with Crippen LogP contribution >= 0.6 is 0 Å². The number of rotatable bonds is 16. The van der Waals surface area contributed by atoms with E-state index in [4.69, 9.17) is 0 Å². The molecule has 0 amide bonds. The fraction of sp³-hybridized carbons (Fsp3) is 0.130. The molecule has 0 N–H and O–H groups in total. The summed E-state index contributed by atoms with van der Waals surface area (Å²) >= 11 is 0. The molecule has 0 aliphatic rings. The van der Waals surface area contributed by atoms with E-state index in [0.717, 1.165) is 0 Å². The smallest absolute Gasteiger partial charge is 0.00143 e. The van der Waals surface area contributed by atoms with Crippen molar-refractivity contribution in [3.8, 4) is 178 Å². The predicted octanol–water partition coefficient (Wildman–Crippen LogP) is 39.2. The molecule has 20 aromatic carbocycles. The summed E-state index contributed by atoms with van der Waals surface area (Å²) in [6.45, 7) is 31.7. The minimum atomic E-state index is 0.0530. The molecular formula is C138H124. The lowest BCUT2D eigenvalue weighted by atomic mass is 9.78. The van der Waals surface area contributed by atoms with E-state index in [1.54, 1.807) is 0 Å². The molecule has 0 atom stereocenters. The van der Waals surface area contributed by atoms with Crippen molar-refractivity contribution in [3.63, 3.8) is 0 Å². The zero-order valence-electron chi connectivity index (χ0n) is 82.3. The normalized spacial score (nSPS) is 11.4. The summed E-state index contributed by atoms with van der Waals surface area (Å²) in [6, 6.07) is 180. The van der Waals surface area contributed by atoms with E-state index in [1.807, 2.05) is 0 Å². The van der Waals surface area contributed by atoms with E-state index in [2.05, 4.69) is 594 Å². The maximum absolute atomic E-state index is 2.42. The van der Waals surface area contributed by atoms with Crippen molar-refractivity contribution in [3.05, 3.63) is 531 Å². The van der Waals surface area contributed by atoms with Gasteiger partial charge >= 0.3 is 0 Å². The third-order valence-corrected chi connectivity index (χ3v) is 26.4. The molecule has 0 unspecified atom stereocenters. The van der Waals surface area contributed by atoms with E-state index in [0.29, 0.717) is 0 Å². The average Bonchev–Trinajstić information content (AvgIpc) is 0.733. The standard InChI is InChI=1S/C40H34.2C34H30.C30H30/c1-40(2,3)34-26-16-25-33(27-34)36-28-35(29-17-8-4-9-18-29)37(30-19-10-5-11-20-30)39(32-23-14-7-15-24-32)38(36)31-21-12-6-13-22-31;1-34(2,3)30-21-13-20-28(22-30)33-31(26-16-9-5-10-17-26)23-29(25-14-7-4-8-15-25)24-32(33)27-18-11-6-12-19-27;1-34(2,3)33-20-18-28(19-21-33)27-14-16-29(17-15-27)32-23-30(25-10-6-4-7-11-25)22-31(24-32)26-12-8-5-9-13-26;1-21-11-6-8-15-28(21)25-17-24(23-13-10-14-27(20-23)30(3,4)5)18-26(19-25)29-16-9-7-12-22(29)2/h4-28H,1-3H3;2*4-24H,1-3H3;6-20H,1-5H3. The van der Waals surface area contributed by atoms with Crippen LogP contribution in [0.25, 0.3) is 178 Å². The molecule has 0 aliphatic carbocycles. The molecule has 0 aliphatic heterocycles. The maximum atomic E-state index is 2.42. The Bertz CT molecular complexity index is 7290. The zero-order chi connectivity index (χ0) is 95.9. The molecule has 0 saturated heterocycles. The summed E-state index contributed by atoms with van der Waals surface area (Å²) in [7, 11) is 0. The lowest BCUT2D eigenvalue weighted by Crippen LogP contribution is -2.10. The fourth-order valence-electron chi connectivity index (χ4n) is 18.7. The monoisotopic (exact) mass is 1780 g/mol. The van der Waals surface area contributed by atoms with Gasteiger partial charge in [0.1, 0.15) is 0 Å². The van der Waals surface area contributed by atoms with Gasteiger partial charge in [0.05, 0.1) is 0 Å². The third-order valence-electron chi connectivity index (χ3n) is 26.4. The van der Waals surface area contributed by atoms with E-state index < -0.39 is 0 Å². The van der Waals surface area contributed by atoms with Crippen LogP contribution in [0.15, 0.2) is 497 Å². The number of benzene rings is 20. The van der Waals surface area contributed by atoms with Gasteiger partial charge in [-0.1, -0.05) is 526 Å². The van der Waals surface area contributed by atoms with Crippen molar-refractivity contribution in [2.75, 3.05) is 0 Å². The Labute approximate surface area is 821 Å². The lowest BCUT2D eigenvalue weighted by molar-refractivity contribution is 0.590. The summed E-state index contributed by atoms with van der Waals surface area (Å²) in [5, 5.41) is 0. The van der Waals surface area contributed by atoms with Crippen LogP contribution in [0, 0.1) is 13.8 Å². The first-order valence-corrected chi connectivity index (χ1v) is 48.7. The summed E-state index contributed by atoms with van der Waals surface area (Å²) in [4.78, 5) is 0. The summed E-state index contributed by atoms with van der Waals surface area (Å²) in [5.41, 5.74) is 48.3. The maximum Gasteiger partial charge on any atom is -0.00143 e. The first-order valence-electron chi connectivity index (χ1n) is 48.7. The van der Waals surface area contributed by atoms with Gasteiger partial charge in [0, 0.05) is 0 Å². The summed E-state index contributed by atoms with van der Waals surface area (Å²) in [6.07, 6.45) is 0. The average molecular weight is 1780 g/mol. The molecule has 20 aromatic rings. The highest BCUT2D eigenvalue weighted by molar-refractivity contribution is 6.08. The number of hydrogen-bond donors (Lipinski definition) is 0. The van der Waals surface area contributed by atoms with Crippen LogP contribution in [-0.2, 0) is 21.7 Å². The first kappa shape index (κ1) is 94.2. The quantitative estimate of drug-likeness (QED) is 0.0904. The van der Waals surface area contributed by atoms with Crippen molar-refractivity contribution in [1.82, 2.24) is 0 Å². The van der Waals surface area contributed by atoms with Crippen LogP contribution in [-0.4, -0.2) is 0 Å². The second-order valence-electron chi connectivity index (χ2n) is 40.5. The highest BCUT2D eigenvalue weighted by Crippen LogP contribution is 2.52. The van der Waals surface area contributed by atoms with Gasteiger partial charge in [-0.3, -0.25) is 0 Å². The highest BCUT2D eigenvalue weighted by atomic mass is 14.3. The zero-order valence-corrected chi connectivity index (χ0v) is 82.3. The fourth-order valence-corrected chi connectivity index (χ4v) is 18.7. The second kappa shape index (κ2) is 42.1. The molecule has 0 spiro atoms. The highest BCUT2D eigenvalue weighted by Gasteiger charge is 2.27. The Morgan fingerprint density at radius 2 is 0.326 bits per heavy atom. The third kappa shape index (κ3) is 22.5. The largest absolute Gasteiger partial charge is 0.0622 e. The molecule has 676 valence electrons. The Morgan fingerprint density at radius 3 is 0.667 bits per heavy atom. The lowest BCUT2D eigenvalue weighted by Gasteiger charge is -2.25. The number of aryl methyl sites for hydroxylation is 2. The molecule has 0 saturated carbocycles. The van der Waals surface area contributed by atoms with E-state index >= 15 is 0 Å². The van der Waals surface area contributed by atoms with Crippen molar-refractivity contribution in [1.29, 1.82) is 0 Å². The van der Waals surface area contributed by atoms with Crippen molar-refractivity contribution in [2.45, 2.75) is 119 Å². The van der Waals surface area contributed by atoms with Crippen LogP contribution in [0.5, 0.6) is 0 Å². The van der Waals surface area contributed by atoms with Crippen molar-refractivity contribution < 1.29 is 0 Å². The molecule has 0 nitrogen and oxygen atoms in total. The molecule has 0 aromatic heterocycles. The van der Waals surface area contributed by atoms with Gasteiger partial charge in [-0.2, -0.15) is 0 Å². The minimum Gasteiger partial charge on any atom is -0.0622 e. The van der Waals surface area contributed by atoms with Gasteiger partial charge < -0.3 is 0 Å².